The highest BCUT2D eigenvalue weighted by Gasteiger charge is 2.36. The van der Waals surface area contributed by atoms with Crippen molar-refractivity contribution < 1.29 is 19.1 Å². The molecule has 27 heavy (non-hydrogen) atoms. The largest absolute Gasteiger partial charge is 0.462 e. The molecule has 1 fully saturated rings. The average molecular weight is 367 g/mol. The summed E-state index contributed by atoms with van der Waals surface area (Å²) < 4.78 is 11.1. The molecule has 3 rings (SSSR count). The van der Waals surface area contributed by atoms with Crippen molar-refractivity contribution in [1.82, 2.24) is 0 Å². The van der Waals surface area contributed by atoms with Crippen LogP contribution in [0.2, 0.25) is 0 Å². The van der Waals surface area contributed by atoms with Crippen LogP contribution >= 0.6 is 0 Å². The number of nitrogens with two attached hydrogens (primary N) is 1. The summed E-state index contributed by atoms with van der Waals surface area (Å²) >= 11 is 0. The minimum atomic E-state index is -0.376. The van der Waals surface area contributed by atoms with Crippen LogP contribution in [0, 0.1) is 19.8 Å². The number of carbonyl (C=O) groups excluding carboxylic acids is 2. The number of rotatable bonds is 5. The van der Waals surface area contributed by atoms with Crippen LogP contribution in [-0.2, 0) is 9.47 Å². The molecule has 0 aromatic heterocycles. The Morgan fingerprint density at radius 3 is 1.96 bits per heavy atom. The second-order valence-electron chi connectivity index (χ2n) is 7.27. The lowest BCUT2D eigenvalue weighted by molar-refractivity contribution is 0.00486. The van der Waals surface area contributed by atoms with Gasteiger partial charge in [0.25, 0.3) is 0 Å². The number of esters is 2. The molecule has 1 saturated carbocycles. The molecular formula is C22H25NO4. The summed E-state index contributed by atoms with van der Waals surface area (Å²) in [5.74, 6) is -0.841. The molecule has 1 aliphatic rings. The summed E-state index contributed by atoms with van der Waals surface area (Å²) in [6.07, 6.45) is 0.886. The van der Waals surface area contributed by atoms with Crippen LogP contribution in [-0.4, -0.2) is 30.7 Å². The molecule has 2 N–H and O–H groups in total. The minimum absolute atomic E-state index is 0.0658. The van der Waals surface area contributed by atoms with E-state index in [1.807, 2.05) is 38.1 Å². The molecule has 2 aromatic carbocycles. The molecule has 0 saturated heterocycles. The van der Waals surface area contributed by atoms with Gasteiger partial charge >= 0.3 is 11.9 Å². The topological polar surface area (TPSA) is 78.6 Å². The van der Waals surface area contributed by atoms with Crippen molar-refractivity contribution >= 4 is 11.9 Å². The highest BCUT2D eigenvalue weighted by molar-refractivity contribution is 5.90. The summed E-state index contributed by atoms with van der Waals surface area (Å²) in [5.41, 5.74) is 9.23. The van der Waals surface area contributed by atoms with Crippen LogP contribution in [0.1, 0.15) is 44.7 Å². The highest BCUT2D eigenvalue weighted by Crippen LogP contribution is 2.29. The van der Waals surface area contributed by atoms with Gasteiger partial charge < -0.3 is 15.2 Å². The Labute approximate surface area is 159 Å². The fourth-order valence-electron chi connectivity index (χ4n) is 3.30. The third-order valence-corrected chi connectivity index (χ3v) is 4.93. The number of hydrogen-bond donors (Lipinski definition) is 1. The van der Waals surface area contributed by atoms with E-state index < -0.39 is 0 Å². The lowest BCUT2D eigenvalue weighted by atomic mass is 10.1. The van der Waals surface area contributed by atoms with Crippen molar-refractivity contribution in [1.29, 1.82) is 0 Å². The van der Waals surface area contributed by atoms with Gasteiger partial charge in [-0.05, 0) is 51.0 Å². The molecule has 5 nitrogen and oxygen atoms in total. The summed E-state index contributed by atoms with van der Waals surface area (Å²) in [6.45, 7) is 4.11. The van der Waals surface area contributed by atoms with Crippen LogP contribution < -0.4 is 5.73 Å². The quantitative estimate of drug-likeness (QED) is 0.819. The van der Waals surface area contributed by atoms with Crippen molar-refractivity contribution in [2.24, 2.45) is 11.7 Å². The molecule has 1 aliphatic carbocycles. The molecular weight excluding hydrogens is 342 g/mol. The van der Waals surface area contributed by atoms with E-state index in [4.69, 9.17) is 15.2 Å². The predicted molar refractivity (Wildman–Crippen MR) is 103 cm³/mol. The standard InChI is InChI=1S/C22H25NO4/c1-14-3-7-16(8-4-14)21(24)26-13-18-11-19(23)12-20(18)27-22(25)17-9-5-15(2)6-10-17/h3-10,18-20H,11-13,23H2,1-2H3. The first-order chi connectivity index (χ1) is 12.9. The van der Waals surface area contributed by atoms with Gasteiger partial charge in [0.1, 0.15) is 6.10 Å². The minimum Gasteiger partial charge on any atom is -0.462 e. The second kappa shape index (κ2) is 8.35. The van der Waals surface area contributed by atoms with E-state index in [1.54, 1.807) is 24.3 Å². The average Bonchev–Trinajstić information content (AvgIpc) is 3.00. The molecule has 5 heteroatoms. The number of carbonyl (C=O) groups is 2. The highest BCUT2D eigenvalue weighted by atomic mass is 16.6. The maximum Gasteiger partial charge on any atom is 0.338 e. The van der Waals surface area contributed by atoms with Gasteiger partial charge in [-0.1, -0.05) is 35.4 Å². The summed E-state index contributed by atoms with van der Waals surface area (Å²) in [6, 6.07) is 14.4. The smallest absolute Gasteiger partial charge is 0.338 e. The first kappa shape index (κ1) is 19.1. The Morgan fingerprint density at radius 1 is 0.889 bits per heavy atom. The molecule has 0 bridgehead atoms. The molecule has 3 unspecified atom stereocenters. The van der Waals surface area contributed by atoms with E-state index >= 15 is 0 Å². The Balaban J connectivity index is 1.58. The first-order valence-electron chi connectivity index (χ1n) is 9.19. The molecule has 3 atom stereocenters. The number of benzene rings is 2. The van der Waals surface area contributed by atoms with Crippen molar-refractivity contribution in [3.05, 3.63) is 70.8 Å². The van der Waals surface area contributed by atoms with Gasteiger partial charge in [-0.15, -0.1) is 0 Å². The van der Waals surface area contributed by atoms with Gasteiger partial charge in [0.15, 0.2) is 0 Å². The maximum absolute atomic E-state index is 12.4. The number of hydrogen-bond acceptors (Lipinski definition) is 5. The van der Waals surface area contributed by atoms with Crippen molar-refractivity contribution in [3.8, 4) is 0 Å². The maximum atomic E-state index is 12.4. The Kier molecular flexibility index (Phi) is 5.91. The number of ether oxygens (including phenoxy) is 2. The van der Waals surface area contributed by atoms with Crippen LogP contribution in [0.25, 0.3) is 0 Å². The molecule has 0 aliphatic heterocycles. The zero-order valence-corrected chi connectivity index (χ0v) is 15.7. The predicted octanol–water partition coefficient (Wildman–Crippen LogP) is 3.42. The normalized spacial score (nSPS) is 21.7. The van der Waals surface area contributed by atoms with Crippen molar-refractivity contribution in [2.75, 3.05) is 6.61 Å². The zero-order chi connectivity index (χ0) is 19.4. The Bertz CT molecular complexity index is 798. The molecule has 0 amide bonds. The molecule has 0 heterocycles. The molecule has 2 aromatic rings. The van der Waals surface area contributed by atoms with E-state index in [0.29, 0.717) is 24.0 Å². The van der Waals surface area contributed by atoms with Crippen molar-refractivity contribution in [3.63, 3.8) is 0 Å². The van der Waals surface area contributed by atoms with Gasteiger partial charge in [-0.25, -0.2) is 9.59 Å². The van der Waals surface area contributed by atoms with Crippen LogP contribution in [0.15, 0.2) is 48.5 Å². The monoisotopic (exact) mass is 367 g/mol. The molecule has 0 radical (unpaired) electrons. The summed E-state index contributed by atoms with van der Waals surface area (Å²) in [4.78, 5) is 24.6. The lowest BCUT2D eigenvalue weighted by Crippen LogP contribution is -2.26. The van der Waals surface area contributed by atoms with Crippen LogP contribution in [0.4, 0.5) is 0 Å². The lowest BCUT2D eigenvalue weighted by Gasteiger charge is -2.20. The van der Waals surface area contributed by atoms with Gasteiger partial charge in [-0.3, -0.25) is 0 Å². The number of aryl methyl sites for hydroxylation is 2. The van der Waals surface area contributed by atoms with Gasteiger partial charge in [-0.2, -0.15) is 0 Å². The van der Waals surface area contributed by atoms with Crippen LogP contribution in [0.3, 0.4) is 0 Å². The van der Waals surface area contributed by atoms with Gasteiger partial charge in [0, 0.05) is 12.0 Å². The second-order valence-corrected chi connectivity index (χ2v) is 7.27. The van der Waals surface area contributed by atoms with E-state index in [-0.39, 0.29) is 36.6 Å². The van der Waals surface area contributed by atoms with Gasteiger partial charge in [0.2, 0.25) is 0 Å². The van der Waals surface area contributed by atoms with E-state index in [2.05, 4.69) is 0 Å². The fourth-order valence-corrected chi connectivity index (χ4v) is 3.30. The summed E-state index contributed by atoms with van der Waals surface area (Å²) in [7, 11) is 0. The third-order valence-electron chi connectivity index (χ3n) is 4.93. The van der Waals surface area contributed by atoms with Gasteiger partial charge in [0.05, 0.1) is 17.7 Å². The fraction of sp³-hybridized carbons (Fsp3) is 0.364. The van der Waals surface area contributed by atoms with Crippen molar-refractivity contribution in [2.45, 2.75) is 38.8 Å². The molecule has 142 valence electrons. The van der Waals surface area contributed by atoms with E-state index in [9.17, 15) is 9.59 Å². The Hall–Kier alpha value is -2.66. The van der Waals surface area contributed by atoms with Crippen LogP contribution in [0.5, 0.6) is 0 Å². The third kappa shape index (κ3) is 4.95. The zero-order valence-electron chi connectivity index (χ0n) is 15.7. The first-order valence-corrected chi connectivity index (χ1v) is 9.19. The van der Waals surface area contributed by atoms with E-state index in [1.165, 1.54) is 0 Å². The Morgan fingerprint density at radius 2 is 1.41 bits per heavy atom. The SMILES string of the molecule is Cc1ccc(C(=O)OCC2CC(N)CC2OC(=O)c2ccc(C)cc2)cc1. The molecule has 0 spiro atoms. The summed E-state index contributed by atoms with van der Waals surface area (Å²) in [5, 5.41) is 0. The van der Waals surface area contributed by atoms with E-state index in [0.717, 1.165) is 11.1 Å².